The summed E-state index contributed by atoms with van der Waals surface area (Å²) in [5.41, 5.74) is 2.19. The van der Waals surface area contributed by atoms with Gasteiger partial charge in [-0.3, -0.25) is 4.79 Å². The summed E-state index contributed by atoms with van der Waals surface area (Å²) >= 11 is 11.9. The van der Waals surface area contributed by atoms with Gasteiger partial charge >= 0.3 is 0 Å². The number of nitrogens with one attached hydrogen (secondary N) is 1. The van der Waals surface area contributed by atoms with E-state index in [-0.39, 0.29) is 11.9 Å². The minimum Gasteiger partial charge on any atom is -0.346 e. The first-order valence-electron chi connectivity index (χ1n) is 7.14. The summed E-state index contributed by atoms with van der Waals surface area (Å²) in [5.74, 6) is -0.183. The molecule has 1 unspecified atom stereocenters. The topological polar surface area (TPSA) is 72.7 Å². The van der Waals surface area contributed by atoms with Crippen LogP contribution in [0.3, 0.4) is 0 Å². The standard InChI is InChI=1S/C16H13Cl2N5O/c1-10(12-4-7-14(17)15(18)8-12)20-16(24)11-2-5-13(6-3-11)23-9-19-21-22-23/h2-10H,1H3,(H,20,24). The molecular formula is C16H13Cl2N5O. The molecule has 1 heterocycles. The van der Waals surface area contributed by atoms with Gasteiger partial charge in [0.1, 0.15) is 6.33 Å². The number of rotatable bonds is 4. The lowest BCUT2D eigenvalue weighted by molar-refractivity contribution is 0.0940. The summed E-state index contributed by atoms with van der Waals surface area (Å²) in [7, 11) is 0. The van der Waals surface area contributed by atoms with E-state index in [4.69, 9.17) is 23.2 Å². The van der Waals surface area contributed by atoms with Crippen LogP contribution in [0.25, 0.3) is 5.69 Å². The van der Waals surface area contributed by atoms with Crippen LogP contribution in [-0.4, -0.2) is 26.1 Å². The number of hydrogen-bond acceptors (Lipinski definition) is 4. The Morgan fingerprint density at radius 2 is 1.88 bits per heavy atom. The second-order valence-electron chi connectivity index (χ2n) is 5.17. The van der Waals surface area contributed by atoms with Crippen LogP contribution in [0.1, 0.15) is 28.9 Å². The van der Waals surface area contributed by atoms with E-state index in [1.165, 1.54) is 11.0 Å². The van der Waals surface area contributed by atoms with Gasteiger partial charge in [-0.25, -0.2) is 4.68 Å². The van der Waals surface area contributed by atoms with Gasteiger partial charge in [-0.15, -0.1) is 5.10 Å². The molecule has 122 valence electrons. The van der Waals surface area contributed by atoms with Crippen molar-refractivity contribution < 1.29 is 4.79 Å². The van der Waals surface area contributed by atoms with Crippen LogP contribution in [0.2, 0.25) is 10.0 Å². The fourth-order valence-electron chi connectivity index (χ4n) is 2.19. The zero-order valence-corrected chi connectivity index (χ0v) is 14.2. The average molecular weight is 362 g/mol. The Bertz CT molecular complexity index is 849. The average Bonchev–Trinajstić information content (AvgIpc) is 3.12. The SMILES string of the molecule is CC(NC(=O)c1ccc(-n2cnnn2)cc1)c1ccc(Cl)c(Cl)c1. The van der Waals surface area contributed by atoms with Crippen molar-refractivity contribution >= 4 is 29.1 Å². The van der Waals surface area contributed by atoms with Crippen LogP contribution >= 0.6 is 23.2 Å². The minimum absolute atomic E-state index is 0.183. The van der Waals surface area contributed by atoms with Crippen molar-refractivity contribution in [1.29, 1.82) is 0 Å². The van der Waals surface area contributed by atoms with E-state index < -0.39 is 0 Å². The molecule has 1 atom stereocenters. The molecule has 0 aliphatic heterocycles. The van der Waals surface area contributed by atoms with Crippen LogP contribution in [0, 0.1) is 0 Å². The number of nitrogens with zero attached hydrogens (tertiary/aromatic N) is 4. The van der Waals surface area contributed by atoms with Crippen molar-refractivity contribution in [2.75, 3.05) is 0 Å². The van der Waals surface area contributed by atoms with Gasteiger partial charge in [0, 0.05) is 5.56 Å². The van der Waals surface area contributed by atoms with Crippen molar-refractivity contribution in [3.8, 4) is 5.69 Å². The van der Waals surface area contributed by atoms with Crippen LogP contribution in [0.5, 0.6) is 0 Å². The molecule has 0 radical (unpaired) electrons. The summed E-state index contributed by atoms with van der Waals surface area (Å²) in [6.07, 6.45) is 1.49. The molecule has 1 aromatic heterocycles. The summed E-state index contributed by atoms with van der Waals surface area (Å²) in [6, 6.07) is 12.1. The van der Waals surface area contributed by atoms with E-state index in [2.05, 4.69) is 20.8 Å². The first kappa shape index (κ1) is 16.4. The highest BCUT2D eigenvalue weighted by atomic mass is 35.5. The highest BCUT2D eigenvalue weighted by Gasteiger charge is 2.13. The van der Waals surface area contributed by atoms with E-state index in [0.717, 1.165) is 11.3 Å². The molecule has 0 saturated carbocycles. The minimum atomic E-state index is -0.202. The number of carbonyl (C=O) groups excluding carboxylic acids is 1. The maximum Gasteiger partial charge on any atom is 0.251 e. The molecule has 0 bridgehead atoms. The van der Waals surface area contributed by atoms with Crippen LogP contribution in [-0.2, 0) is 0 Å². The van der Waals surface area contributed by atoms with Crippen LogP contribution in [0.15, 0.2) is 48.8 Å². The number of carbonyl (C=O) groups is 1. The number of benzene rings is 2. The molecule has 0 saturated heterocycles. The Kier molecular flexibility index (Phi) is 4.78. The number of hydrogen-bond donors (Lipinski definition) is 1. The number of aromatic nitrogens is 4. The molecular weight excluding hydrogens is 349 g/mol. The van der Waals surface area contributed by atoms with Crippen molar-refractivity contribution in [1.82, 2.24) is 25.5 Å². The predicted molar refractivity (Wildman–Crippen MR) is 91.5 cm³/mol. The molecule has 6 nitrogen and oxygen atoms in total. The lowest BCUT2D eigenvalue weighted by Crippen LogP contribution is -2.26. The van der Waals surface area contributed by atoms with Gasteiger partial charge < -0.3 is 5.32 Å². The first-order valence-corrected chi connectivity index (χ1v) is 7.89. The number of tetrazole rings is 1. The van der Waals surface area contributed by atoms with E-state index in [9.17, 15) is 4.79 Å². The van der Waals surface area contributed by atoms with Crippen molar-refractivity contribution in [2.24, 2.45) is 0 Å². The normalized spacial score (nSPS) is 12.0. The zero-order valence-electron chi connectivity index (χ0n) is 12.6. The molecule has 0 aliphatic carbocycles. The molecule has 8 heteroatoms. The van der Waals surface area contributed by atoms with Gasteiger partial charge in [0.25, 0.3) is 5.91 Å². The number of amides is 1. The van der Waals surface area contributed by atoms with Gasteiger partial charge in [0.15, 0.2) is 0 Å². The molecule has 0 aliphatic rings. The fraction of sp³-hybridized carbons (Fsp3) is 0.125. The van der Waals surface area contributed by atoms with Gasteiger partial charge in [0.2, 0.25) is 0 Å². The molecule has 0 fully saturated rings. The van der Waals surface area contributed by atoms with Crippen molar-refractivity contribution in [3.63, 3.8) is 0 Å². The second-order valence-corrected chi connectivity index (χ2v) is 5.98. The molecule has 24 heavy (non-hydrogen) atoms. The van der Waals surface area contributed by atoms with Crippen molar-refractivity contribution in [3.05, 3.63) is 70.0 Å². The Hall–Kier alpha value is -2.44. The molecule has 0 spiro atoms. The fourth-order valence-corrected chi connectivity index (χ4v) is 2.50. The third-order valence-corrected chi connectivity index (χ3v) is 4.27. The molecule has 3 rings (SSSR count). The quantitative estimate of drug-likeness (QED) is 0.772. The van der Waals surface area contributed by atoms with Crippen molar-refractivity contribution in [2.45, 2.75) is 13.0 Å². The summed E-state index contributed by atoms with van der Waals surface area (Å²) in [6.45, 7) is 1.88. The van der Waals surface area contributed by atoms with Gasteiger partial charge in [0.05, 0.1) is 21.8 Å². The van der Waals surface area contributed by atoms with Crippen LogP contribution in [0.4, 0.5) is 0 Å². The lowest BCUT2D eigenvalue weighted by atomic mass is 10.1. The third kappa shape index (κ3) is 3.55. The van der Waals surface area contributed by atoms with E-state index in [1.807, 2.05) is 13.0 Å². The predicted octanol–water partition coefficient (Wildman–Crippen LogP) is 3.46. The number of halogens is 2. The van der Waals surface area contributed by atoms with E-state index in [0.29, 0.717) is 15.6 Å². The Labute approximate surface area is 148 Å². The third-order valence-electron chi connectivity index (χ3n) is 3.53. The van der Waals surface area contributed by atoms with Gasteiger partial charge in [-0.1, -0.05) is 29.3 Å². The molecule has 1 N–H and O–H groups in total. The zero-order chi connectivity index (χ0) is 17.1. The van der Waals surface area contributed by atoms with E-state index >= 15 is 0 Å². The smallest absolute Gasteiger partial charge is 0.251 e. The highest BCUT2D eigenvalue weighted by molar-refractivity contribution is 6.42. The Morgan fingerprint density at radius 1 is 1.12 bits per heavy atom. The van der Waals surface area contributed by atoms with Gasteiger partial charge in [-0.2, -0.15) is 0 Å². The highest BCUT2D eigenvalue weighted by Crippen LogP contribution is 2.25. The summed E-state index contributed by atoms with van der Waals surface area (Å²) in [5, 5.41) is 14.8. The largest absolute Gasteiger partial charge is 0.346 e. The molecule has 2 aromatic carbocycles. The lowest BCUT2D eigenvalue weighted by Gasteiger charge is -2.15. The first-order chi connectivity index (χ1) is 11.5. The van der Waals surface area contributed by atoms with Gasteiger partial charge in [-0.05, 0) is 59.3 Å². The maximum absolute atomic E-state index is 12.4. The van der Waals surface area contributed by atoms with Crippen LogP contribution < -0.4 is 5.32 Å². The molecule has 3 aromatic rings. The monoisotopic (exact) mass is 361 g/mol. The summed E-state index contributed by atoms with van der Waals surface area (Å²) < 4.78 is 1.51. The maximum atomic E-state index is 12.4. The second kappa shape index (κ2) is 6.98. The Morgan fingerprint density at radius 3 is 2.50 bits per heavy atom. The molecule has 1 amide bonds. The van der Waals surface area contributed by atoms with E-state index in [1.54, 1.807) is 36.4 Å². The Balaban J connectivity index is 1.71. The summed E-state index contributed by atoms with van der Waals surface area (Å²) in [4.78, 5) is 12.4.